The van der Waals surface area contributed by atoms with Crippen molar-refractivity contribution in [1.82, 2.24) is 0 Å². The van der Waals surface area contributed by atoms with Crippen LogP contribution in [0.15, 0.2) is 42.5 Å². The first-order chi connectivity index (χ1) is 10.2. The van der Waals surface area contributed by atoms with Crippen LogP contribution in [0.2, 0.25) is 0 Å². The van der Waals surface area contributed by atoms with Gasteiger partial charge in [0.05, 0.1) is 18.0 Å². The van der Waals surface area contributed by atoms with E-state index in [1.807, 2.05) is 36.9 Å². The zero-order chi connectivity index (χ0) is 15.2. The van der Waals surface area contributed by atoms with Crippen LogP contribution in [0.4, 0.5) is 21.5 Å². The van der Waals surface area contributed by atoms with Gasteiger partial charge >= 0.3 is 0 Å². The van der Waals surface area contributed by atoms with E-state index in [0.717, 1.165) is 12.1 Å². The van der Waals surface area contributed by atoms with E-state index in [4.69, 9.17) is 10.5 Å². The van der Waals surface area contributed by atoms with Crippen LogP contribution >= 0.6 is 0 Å². The standard InChI is InChI=1S/C17H21FN2O/c1-3-11-21-17-12-13(9-10-15(17)19)20(4-2)16-8-6-5-7-14(16)18/h5-10,12H,3-4,11,19H2,1-2H3. The highest BCUT2D eigenvalue weighted by molar-refractivity contribution is 5.69. The Balaban J connectivity index is 2.36. The van der Waals surface area contributed by atoms with Gasteiger partial charge in [-0.15, -0.1) is 0 Å². The monoisotopic (exact) mass is 288 g/mol. The summed E-state index contributed by atoms with van der Waals surface area (Å²) in [6.45, 7) is 5.28. The molecule has 0 heterocycles. The van der Waals surface area contributed by atoms with E-state index >= 15 is 0 Å². The minimum atomic E-state index is -0.243. The maximum atomic E-state index is 14.0. The average molecular weight is 288 g/mol. The van der Waals surface area contributed by atoms with Crippen LogP contribution in [0.25, 0.3) is 0 Å². The van der Waals surface area contributed by atoms with Crippen molar-refractivity contribution in [3.05, 3.63) is 48.3 Å². The summed E-state index contributed by atoms with van der Waals surface area (Å²) in [5.41, 5.74) is 7.93. The lowest BCUT2D eigenvalue weighted by Crippen LogP contribution is -2.17. The molecule has 2 aromatic rings. The molecule has 2 N–H and O–H groups in total. The third-order valence-electron chi connectivity index (χ3n) is 3.23. The first-order valence-electron chi connectivity index (χ1n) is 7.21. The molecule has 0 aliphatic carbocycles. The fourth-order valence-electron chi connectivity index (χ4n) is 2.19. The Morgan fingerprint density at radius 2 is 1.90 bits per heavy atom. The zero-order valence-corrected chi connectivity index (χ0v) is 12.5. The first kappa shape index (κ1) is 15.2. The Kier molecular flexibility index (Phi) is 5.04. The first-order valence-corrected chi connectivity index (χ1v) is 7.21. The minimum absolute atomic E-state index is 0.243. The van der Waals surface area contributed by atoms with E-state index < -0.39 is 0 Å². The molecule has 3 nitrogen and oxygen atoms in total. The second-order valence-electron chi connectivity index (χ2n) is 4.77. The zero-order valence-electron chi connectivity index (χ0n) is 12.5. The smallest absolute Gasteiger partial charge is 0.146 e. The molecule has 0 saturated heterocycles. The van der Waals surface area contributed by atoms with Crippen molar-refractivity contribution >= 4 is 17.1 Å². The summed E-state index contributed by atoms with van der Waals surface area (Å²) in [7, 11) is 0. The number of hydrogen-bond donors (Lipinski definition) is 1. The molecule has 21 heavy (non-hydrogen) atoms. The van der Waals surface area contributed by atoms with Crippen molar-refractivity contribution in [3.8, 4) is 5.75 Å². The number of anilines is 3. The van der Waals surface area contributed by atoms with Crippen LogP contribution in [0, 0.1) is 5.82 Å². The van der Waals surface area contributed by atoms with Gasteiger partial charge in [-0.05, 0) is 37.6 Å². The molecule has 0 fully saturated rings. The molecule has 0 spiro atoms. The molecule has 0 radical (unpaired) electrons. The molecule has 0 saturated carbocycles. The molecule has 4 heteroatoms. The van der Waals surface area contributed by atoms with Gasteiger partial charge < -0.3 is 15.4 Å². The van der Waals surface area contributed by atoms with Gasteiger partial charge in [0.15, 0.2) is 0 Å². The van der Waals surface area contributed by atoms with E-state index in [2.05, 4.69) is 0 Å². The molecule has 0 aliphatic heterocycles. The topological polar surface area (TPSA) is 38.5 Å². The second kappa shape index (κ2) is 6.97. The molecular formula is C17H21FN2O. The quantitative estimate of drug-likeness (QED) is 0.803. The van der Waals surface area contributed by atoms with Crippen LogP contribution in [-0.4, -0.2) is 13.2 Å². The Morgan fingerprint density at radius 3 is 2.57 bits per heavy atom. The number of benzene rings is 2. The number of nitrogens with two attached hydrogens (primary N) is 1. The molecule has 0 unspecified atom stereocenters. The van der Waals surface area contributed by atoms with Crippen molar-refractivity contribution in [2.24, 2.45) is 0 Å². The largest absolute Gasteiger partial charge is 0.491 e. The van der Waals surface area contributed by atoms with Gasteiger partial charge in [-0.25, -0.2) is 4.39 Å². The summed E-state index contributed by atoms with van der Waals surface area (Å²) in [4.78, 5) is 1.90. The molecular weight excluding hydrogens is 267 g/mol. The summed E-state index contributed by atoms with van der Waals surface area (Å²) in [5.74, 6) is 0.399. The predicted molar refractivity (Wildman–Crippen MR) is 85.7 cm³/mol. The highest BCUT2D eigenvalue weighted by Gasteiger charge is 2.13. The number of halogens is 1. The summed E-state index contributed by atoms with van der Waals surface area (Å²) >= 11 is 0. The third kappa shape index (κ3) is 3.45. The highest BCUT2D eigenvalue weighted by Crippen LogP contribution is 2.33. The van der Waals surface area contributed by atoms with Crippen molar-refractivity contribution in [1.29, 1.82) is 0 Å². The van der Waals surface area contributed by atoms with Crippen molar-refractivity contribution < 1.29 is 9.13 Å². The summed E-state index contributed by atoms with van der Waals surface area (Å²) in [6, 6.07) is 12.3. The fraction of sp³-hybridized carbons (Fsp3) is 0.294. The number of para-hydroxylation sites is 1. The molecule has 0 atom stereocenters. The van der Waals surface area contributed by atoms with Crippen molar-refractivity contribution in [2.45, 2.75) is 20.3 Å². The Bertz CT molecular complexity index is 601. The predicted octanol–water partition coefficient (Wildman–Crippen LogP) is 4.35. The number of nitrogens with zero attached hydrogens (tertiary/aromatic N) is 1. The molecule has 112 valence electrons. The summed E-state index contributed by atoms with van der Waals surface area (Å²) < 4.78 is 19.6. The van der Waals surface area contributed by atoms with Gasteiger partial charge in [0.1, 0.15) is 11.6 Å². The second-order valence-corrected chi connectivity index (χ2v) is 4.77. The van der Waals surface area contributed by atoms with Crippen molar-refractivity contribution in [2.75, 3.05) is 23.8 Å². The minimum Gasteiger partial charge on any atom is -0.491 e. The molecule has 0 aromatic heterocycles. The molecule has 2 aromatic carbocycles. The highest BCUT2D eigenvalue weighted by atomic mass is 19.1. The van der Waals surface area contributed by atoms with Crippen LogP contribution in [0.5, 0.6) is 5.75 Å². The molecule has 0 aliphatic rings. The van der Waals surface area contributed by atoms with Gasteiger partial charge in [-0.2, -0.15) is 0 Å². The molecule has 2 rings (SSSR count). The number of rotatable bonds is 6. The van der Waals surface area contributed by atoms with Gasteiger partial charge in [0.25, 0.3) is 0 Å². The van der Waals surface area contributed by atoms with E-state index in [9.17, 15) is 4.39 Å². The van der Waals surface area contributed by atoms with Crippen LogP contribution < -0.4 is 15.4 Å². The Morgan fingerprint density at radius 1 is 1.14 bits per heavy atom. The van der Waals surface area contributed by atoms with E-state index in [1.165, 1.54) is 6.07 Å². The van der Waals surface area contributed by atoms with E-state index in [1.54, 1.807) is 18.2 Å². The lowest BCUT2D eigenvalue weighted by Gasteiger charge is -2.24. The van der Waals surface area contributed by atoms with E-state index in [0.29, 0.717) is 30.3 Å². The molecule has 0 bridgehead atoms. The van der Waals surface area contributed by atoms with Crippen LogP contribution in [0.1, 0.15) is 20.3 Å². The summed E-state index contributed by atoms with van der Waals surface area (Å²) in [6.07, 6.45) is 0.911. The van der Waals surface area contributed by atoms with Gasteiger partial charge in [-0.3, -0.25) is 0 Å². The van der Waals surface area contributed by atoms with Gasteiger partial charge in [-0.1, -0.05) is 19.1 Å². The Hall–Kier alpha value is -2.23. The lowest BCUT2D eigenvalue weighted by molar-refractivity contribution is 0.319. The van der Waals surface area contributed by atoms with Crippen molar-refractivity contribution in [3.63, 3.8) is 0 Å². The number of hydrogen-bond acceptors (Lipinski definition) is 3. The third-order valence-corrected chi connectivity index (χ3v) is 3.23. The number of ether oxygens (including phenoxy) is 1. The van der Waals surface area contributed by atoms with Crippen LogP contribution in [0.3, 0.4) is 0 Å². The maximum absolute atomic E-state index is 14.0. The normalized spacial score (nSPS) is 10.4. The summed E-state index contributed by atoms with van der Waals surface area (Å²) in [5, 5.41) is 0. The van der Waals surface area contributed by atoms with Crippen LogP contribution in [-0.2, 0) is 0 Å². The number of nitrogen functional groups attached to an aromatic ring is 1. The lowest BCUT2D eigenvalue weighted by atomic mass is 10.2. The van der Waals surface area contributed by atoms with E-state index in [-0.39, 0.29) is 5.82 Å². The SMILES string of the molecule is CCCOc1cc(N(CC)c2ccccc2F)ccc1N. The van der Waals surface area contributed by atoms with Gasteiger partial charge in [0, 0.05) is 18.3 Å². The molecule has 0 amide bonds. The van der Waals surface area contributed by atoms with Gasteiger partial charge in [0.2, 0.25) is 0 Å². The maximum Gasteiger partial charge on any atom is 0.146 e. The Labute approximate surface area is 125 Å². The fourth-order valence-corrected chi connectivity index (χ4v) is 2.19. The average Bonchev–Trinajstić information content (AvgIpc) is 2.50.